The van der Waals surface area contributed by atoms with E-state index in [4.69, 9.17) is 11.5 Å². The molecule has 0 saturated heterocycles. The van der Waals surface area contributed by atoms with E-state index in [2.05, 4.69) is 4.37 Å². The molecule has 17 heavy (non-hydrogen) atoms. The first-order valence-electron chi connectivity index (χ1n) is 4.20. The van der Waals surface area contributed by atoms with Crippen molar-refractivity contribution >= 4 is 28.3 Å². The molecule has 1 rings (SSSR count). The van der Waals surface area contributed by atoms with E-state index in [0.29, 0.717) is 11.5 Å². The molecular formula is C7H8F4N4OS. The Kier molecular flexibility index (Phi) is 3.76. The Morgan fingerprint density at radius 3 is 2.59 bits per heavy atom. The van der Waals surface area contributed by atoms with Crippen molar-refractivity contribution in [3.63, 3.8) is 0 Å². The number of anilines is 2. The fourth-order valence-corrected chi connectivity index (χ4v) is 1.65. The number of nitrogens with two attached hydrogens (primary N) is 2. The van der Waals surface area contributed by atoms with Crippen LogP contribution in [0, 0.1) is 0 Å². The Balaban J connectivity index is 2.80. The average Bonchev–Trinajstić information content (AvgIpc) is 2.56. The molecule has 0 bridgehead atoms. The van der Waals surface area contributed by atoms with Gasteiger partial charge in [0.25, 0.3) is 5.91 Å². The summed E-state index contributed by atoms with van der Waals surface area (Å²) in [5, 5.41) is 1.83. The number of carbonyl (C=O) groups is 1. The van der Waals surface area contributed by atoms with Crippen LogP contribution in [0.4, 0.5) is 28.4 Å². The van der Waals surface area contributed by atoms with E-state index in [1.54, 1.807) is 0 Å². The molecule has 0 fully saturated rings. The van der Waals surface area contributed by atoms with Crippen molar-refractivity contribution in [1.29, 1.82) is 0 Å². The van der Waals surface area contributed by atoms with Crippen molar-refractivity contribution < 1.29 is 22.4 Å². The first-order chi connectivity index (χ1) is 7.75. The molecule has 0 aliphatic heterocycles. The number of aromatic nitrogens is 1. The van der Waals surface area contributed by atoms with Crippen LogP contribution in [0.5, 0.6) is 0 Å². The van der Waals surface area contributed by atoms with E-state index in [9.17, 15) is 22.4 Å². The van der Waals surface area contributed by atoms with E-state index >= 15 is 0 Å². The second-order valence-corrected chi connectivity index (χ2v) is 3.82. The van der Waals surface area contributed by atoms with Gasteiger partial charge in [0.15, 0.2) is 5.82 Å². The zero-order valence-corrected chi connectivity index (χ0v) is 9.03. The second kappa shape index (κ2) is 4.73. The zero-order valence-electron chi connectivity index (χ0n) is 8.21. The summed E-state index contributed by atoms with van der Waals surface area (Å²) in [7, 11) is 0. The maximum atomic E-state index is 12.6. The number of carbonyl (C=O) groups excluding carboxylic acids is 1. The van der Waals surface area contributed by atoms with Gasteiger partial charge in [0.1, 0.15) is 10.6 Å². The lowest BCUT2D eigenvalue weighted by molar-refractivity contribution is -0.117. The molecule has 0 aliphatic rings. The number of rotatable bonds is 5. The number of alkyl halides is 4. The van der Waals surface area contributed by atoms with E-state index < -0.39 is 24.8 Å². The molecule has 0 saturated carbocycles. The van der Waals surface area contributed by atoms with Gasteiger partial charge in [-0.25, -0.2) is 8.78 Å². The van der Waals surface area contributed by atoms with Gasteiger partial charge in [0.05, 0.1) is 6.54 Å². The summed E-state index contributed by atoms with van der Waals surface area (Å²) in [5.74, 6) is -5.42. The SMILES string of the molecule is NC(=O)c1c(N)nsc1NCC(F)(F)C(F)F. The lowest BCUT2D eigenvalue weighted by atomic mass is 10.3. The van der Waals surface area contributed by atoms with Crippen molar-refractivity contribution in [1.82, 2.24) is 4.37 Å². The molecule has 0 spiro atoms. The summed E-state index contributed by atoms with van der Waals surface area (Å²) in [6.07, 6.45) is -3.81. The summed E-state index contributed by atoms with van der Waals surface area (Å²) < 4.78 is 52.4. The highest BCUT2D eigenvalue weighted by molar-refractivity contribution is 7.11. The largest absolute Gasteiger partial charge is 0.382 e. The Morgan fingerprint density at radius 2 is 2.12 bits per heavy atom. The van der Waals surface area contributed by atoms with Gasteiger partial charge in [0.2, 0.25) is 0 Å². The molecule has 0 atom stereocenters. The minimum absolute atomic E-state index is 0.157. The van der Waals surface area contributed by atoms with Crippen LogP contribution in [0.15, 0.2) is 0 Å². The van der Waals surface area contributed by atoms with Gasteiger partial charge in [-0.05, 0) is 11.5 Å². The number of primary amides is 1. The van der Waals surface area contributed by atoms with Crippen LogP contribution in [0.2, 0.25) is 0 Å². The summed E-state index contributed by atoms with van der Waals surface area (Å²) in [4.78, 5) is 10.9. The third-order valence-corrected chi connectivity index (χ3v) is 2.59. The van der Waals surface area contributed by atoms with E-state index in [-0.39, 0.29) is 16.4 Å². The average molecular weight is 272 g/mol. The maximum absolute atomic E-state index is 12.6. The first kappa shape index (κ1) is 13.5. The summed E-state index contributed by atoms with van der Waals surface area (Å²) in [6.45, 7) is -1.34. The standard InChI is InChI=1S/C7H8F4N4OS/c8-6(9)7(10,11)1-14-5-2(4(13)16)3(12)15-17-5/h6,14H,1H2,(H2,12,15)(H2,13,16). The minimum Gasteiger partial charge on any atom is -0.382 e. The third kappa shape index (κ3) is 2.96. The normalized spacial score (nSPS) is 11.8. The van der Waals surface area contributed by atoms with Crippen LogP contribution in [0.3, 0.4) is 0 Å². The molecule has 1 heterocycles. The van der Waals surface area contributed by atoms with E-state index in [1.165, 1.54) is 0 Å². The van der Waals surface area contributed by atoms with E-state index in [0.717, 1.165) is 0 Å². The van der Waals surface area contributed by atoms with Crippen LogP contribution in [0.25, 0.3) is 0 Å². The van der Waals surface area contributed by atoms with Gasteiger partial charge in [0, 0.05) is 0 Å². The lowest BCUT2D eigenvalue weighted by Gasteiger charge is -2.15. The molecule has 1 aromatic rings. The van der Waals surface area contributed by atoms with Crippen LogP contribution >= 0.6 is 11.5 Å². The van der Waals surface area contributed by atoms with Gasteiger partial charge in [-0.15, -0.1) is 0 Å². The second-order valence-electron chi connectivity index (χ2n) is 3.05. The summed E-state index contributed by atoms with van der Waals surface area (Å²) in [5.41, 5.74) is 9.92. The topological polar surface area (TPSA) is 94.0 Å². The molecule has 5 nitrogen and oxygen atoms in total. The molecule has 5 N–H and O–H groups in total. The van der Waals surface area contributed by atoms with Gasteiger partial charge >= 0.3 is 12.3 Å². The van der Waals surface area contributed by atoms with Crippen LogP contribution < -0.4 is 16.8 Å². The number of nitrogen functional groups attached to an aromatic ring is 1. The molecule has 96 valence electrons. The smallest absolute Gasteiger partial charge is 0.324 e. The molecule has 0 aliphatic carbocycles. The molecule has 0 unspecified atom stereocenters. The number of nitrogens with one attached hydrogen (secondary N) is 1. The number of hydrogen-bond donors (Lipinski definition) is 3. The van der Waals surface area contributed by atoms with Gasteiger partial charge < -0.3 is 16.8 Å². The maximum Gasteiger partial charge on any atom is 0.324 e. The summed E-state index contributed by atoms with van der Waals surface area (Å²) in [6, 6.07) is 0. The molecule has 1 amide bonds. The van der Waals surface area contributed by atoms with Gasteiger partial charge in [-0.1, -0.05) is 0 Å². The Bertz CT molecular complexity index is 422. The van der Waals surface area contributed by atoms with Crippen LogP contribution in [-0.4, -0.2) is 29.2 Å². The van der Waals surface area contributed by atoms with E-state index in [1.807, 2.05) is 5.32 Å². The van der Waals surface area contributed by atoms with Gasteiger partial charge in [-0.2, -0.15) is 13.2 Å². The zero-order chi connectivity index (χ0) is 13.2. The van der Waals surface area contributed by atoms with Crippen molar-refractivity contribution in [3.8, 4) is 0 Å². The first-order valence-corrected chi connectivity index (χ1v) is 4.98. The highest BCUT2D eigenvalue weighted by Crippen LogP contribution is 2.29. The number of hydrogen-bond acceptors (Lipinski definition) is 5. The molecular weight excluding hydrogens is 264 g/mol. The lowest BCUT2D eigenvalue weighted by Crippen LogP contribution is -2.35. The molecule has 0 aromatic carbocycles. The number of amides is 1. The quantitative estimate of drug-likeness (QED) is 0.700. The number of nitrogens with zero attached hydrogens (tertiary/aromatic N) is 1. The Hall–Kier alpha value is -1.58. The Morgan fingerprint density at radius 1 is 1.53 bits per heavy atom. The van der Waals surface area contributed by atoms with Crippen LogP contribution in [-0.2, 0) is 0 Å². The fraction of sp³-hybridized carbons (Fsp3) is 0.429. The fourth-order valence-electron chi connectivity index (χ4n) is 0.936. The monoisotopic (exact) mass is 272 g/mol. The Labute approximate surface area is 96.9 Å². The third-order valence-electron chi connectivity index (χ3n) is 1.77. The van der Waals surface area contributed by atoms with Crippen molar-refractivity contribution in [2.75, 3.05) is 17.6 Å². The van der Waals surface area contributed by atoms with Crippen LogP contribution in [0.1, 0.15) is 10.4 Å². The predicted octanol–water partition coefficient (Wildman–Crippen LogP) is 1.14. The molecule has 10 heteroatoms. The van der Waals surface area contributed by atoms with Crippen molar-refractivity contribution in [3.05, 3.63) is 5.56 Å². The molecule has 0 radical (unpaired) electrons. The highest BCUT2D eigenvalue weighted by Gasteiger charge is 2.40. The molecule has 1 aromatic heterocycles. The highest BCUT2D eigenvalue weighted by atomic mass is 32.1. The minimum atomic E-state index is -4.21. The summed E-state index contributed by atoms with van der Waals surface area (Å²) >= 11 is 0.592. The number of halogens is 4. The van der Waals surface area contributed by atoms with Crippen molar-refractivity contribution in [2.45, 2.75) is 12.3 Å². The van der Waals surface area contributed by atoms with Crippen molar-refractivity contribution in [2.24, 2.45) is 5.73 Å². The van der Waals surface area contributed by atoms with Gasteiger partial charge in [-0.3, -0.25) is 4.79 Å². The predicted molar refractivity (Wildman–Crippen MR) is 54.5 cm³/mol.